The SMILES string of the molecule is CNc1cc(-c2ccco2)nc(C(F)(F)F)n1. The number of halogens is 3. The Hall–Kier alpha value is -2.05. The lowest BCUT2D eigenvalue weighted by molar-refractivity contribution is -0.144. The maximum Gasteiger partial charge on any atom is 0.451 e. The third kappa shape index (κ3) is 2.38. The van der Waals surface area contributed by atoms with Crippen LogP contribution in [-0.4, -0.2) is 17.0 Å². The van der Waals surface area contributed by atoms with Crippen molar-refractivity contribution in [1.82, 2.24) is 9.97 Å². The molecule has 0 saturated heterocycles. The number of nitrogens with one attached hydrogen (secondary N) is 1. The monoisotopic (exact) mass is 243 g/mol. The number of hydrogen-bond acceptors (Lipinski definition) is 4. The van der Waals surface area contributed by atoms with Gasteiger partial charge in [-0.05, 0) is 12.1 Å². The molecule has 0 radical (unpaired) electrons. The van der Waals surface area contributed by atoms with Crippen LogP contribution in [0, 0.1) is 0 Å². The van der Waals surface area contributed by atoms with E-state index in [4.69, 9.17) is 4.42 Å². The Balaban J connectivity index is 2.54. The Bertz CT molecular complexity index is 508. The number of anilines is 1. The van der Waals surface area contributed by atoms with Crippen molar-refractivity contribution in [1.29, 1.82) is 0 Å². The molecule has 0 aromatic carbocycles. The van der Waals surface area contributed by atoms with Gasteiger partial charge in [-0.1, -0.05) is 0 Å². The summed E-state index contributed by atoms with van der Waals surface area (Å²) in [5, 5.41) is 2.55. The van der Waals surface area contributed by atoms with Crippen LogP contribution in [0.4, 0.5) is 19.0 Å². The van der Waals surface area contributed by atoms with Crippen molar-refractivity contribution in [3.63, 3.8) is 0 Å². The Morgan fingerprint density at radius 2 is 2.06 bits per heavy atom. The van der Waals surface area contributed by atoms with Crippen molar-refractivity contribution in [2.45, 2.75) is 6.18 Å². The Morgan fingerprint density at radius 1 is 1.29 bits per heavy atom. The maximum absolute atomic E-state index is 12.5. The van der Waals surface area contributed by atoms with Crippen LogP contribution in [-0.2, 0) is 6.18 Å². The minimum atomic E-state index is -4.59. The van der Waals surface area contributed by atoms with Crippen molar-refractivity contribution in [2.24, 2.45) is 0 Å². The van der Waals surface area contributed by atoms with Gasteiger partial charge in [-0.15, -0.1) is 0 Å². The fourth-order valence-electron chi connectivity index (χ4n) is 1.25. The fraction of sp³-hybridized carbons (Fsp3) is 0.200. The number of rotatable bonds is 2. The second-order valence-corrected chi connectivity index (χ2v) is 3.19. The van der Waals surface area contributed by atoms with E-state index >= 15 is 0 Å². The number of nitrogens with zero attached hydrogens (tertiary/aromatic N) is 2. The van der Waals surface area contributed by atoms with Crippen LogP contribution in [0.25, 0.3) is 11.5 Å². The lowest BCUT2D eigenvalue weighted by Crippen LogP contribution is -2.12. The van der Waals surface area contributed by atoms with Crippen molar-refractivity contribution in [2.75, 3.05) is 12.4 Å². The molecule has 0 bridgehead atoms. The van der Waals surface area contributed by atoms with Gasteiger partial charge in [0.2, 0.25) is 5.82 Å². The Kier molecular flexibility index (Phi) is 2.74. The van der Waals surface area contributed by atoms with Gasteiger partial charge in [0.25, 0.3) is 0 Å². The average Bonchev–Trinajstić information content (AvgIpc) is 2.80. The van der Waals surface area contributed by atoms with E-state index in [2.05, 4.69) is 15.3 Å². The topological polar surface area (TPSA) is 51.0 Å². The Labute approximate surface area is 94.5 Å². The highest BCUT2D eigenvalue weighted by molar-refractivity contribution is 5.56. The van der Waals surface area contributed by atoms with E-state index in [1.165, 1.54) is 25.4 Å². The lowest BCUT2D eigenvalue weighted by Gasteiger charge is -2.08. The summed E-state index contributed by atoms with van der Waals surface area (Å²) in [7, 11) is 1.48. The molecule has 1 N–H and O–H groups in total. The van der Waals surface area contributed by atoms with Gasteiger partial charge in [0, 0.05) is 13.1 Å². The molecule has 2 aromatic heterocycles. The molecule has 0 aliphatic rings. The second kappa shape index (κ2) is 4.08. The number of alkyl halides is 3. The summed E-state index contributed by atoms with van der Waals surface area (Å²) in [5.41, 5.74) is 0.0849. The van der Waals surface area contributed by atoms with Crippen LogP contribution in [0.1, 0.15) is 5.82 Å². The van der Waals surface area contributed by atoms with Crippen LogP contribution in [0.15, 0.2) is 28.9 Å². The van der Waals surface area contributed by atoms with Crippen LogP contribution < -0.4 is 5.32 Å². The van der Waals surface area contributed by atoms with Crippen molar-refractivity contribution in [3.8, 4) is 11.5 Å². The van der Waals surface area contributed by atoms with E-state index in [0.717, 1.165) is 0 Å². The molecule has 4 nitrogen and oxygen atoms in total. The first-order valence-corrected chi connectivity index (χ1v) is 4.68. The summed E-state index contributed by atoms with van der Waals surface area (Å²) < 4.78 is 42.6. The van der Waals surface area contributed by atoms with Gasteiger partial charge in [-0.25, -0.2) is 9.97 Å². The van der Waals surface area contributed by atoms with E-state index in [9.17, 15) is 13.2 Å². The number of furan rings is 1. The highest BCUT2D eigenvalue weighted by Gasteiger charge is 2.35. The summed E-state index contributed by atoms with van der Waals surface area (Å²) in [5.74, 6) is -0.858. The molecule has 7 heteroatoms. The lowest BCUT2D eigenvalue weighted by atomic mass is 10.3. The number of hydrogen-bond donors (Lipinski definition) is 1. The van der Waals surface area contributed by atoms with E-state index in [1.807, 2.05) is 0 Å². The molecule has 2 rings (SSSR count). The molecule has 2 aromatic rings. The van der Waals surface area contributed by atoms with Gasteiger partial charge in [-0.2, -0.15) is 13.2 Å². The predicted molar refractivity (Wildman–Crippen MR) is 54.3 cm³/mol. The molecule has 0 saturated carbocycles. The number of aromatic nitrogens is 2. The van der Waals surface area contributed by atoms with E-state index in [-0.39, 0.29) is 17.3 Å². The zero-order valence-corrected chi connectivity index (χ0v) is 8.75. The first-order valence-electron chi connectivity index (χ1n) is 4.68. The minimum absolute atomic E-state index is 0.0822. The molecule has 0 aliphatic heterocycles. The van der Waals surface area contributed by atoms with Crippen LogP contribution >= 0.6 is 0 Å². The highest BCUT2D eigenvalue weighted by atomic mass is 19.4. The highest BCUT2D eigenvalue weighted by Crippen LogP contribution is 2.29. The third-order valence-corrected chi connectivity index (χ3v) is 2.01. The first kappa shape index (κ1) is 11.4. The zero-order chi connectivity index (χ0) is 12.5. The van der Waals surface area contributed by atoms with Crippen molar-refractivity contribution < 1.29 is 17.6 Å². The zero-order valence-electron chi connectivity index (χ0n) is 8.75. The van der Waals surface area contributed by atoms with Gasteiger partial charge in [0.15, 0.2) is 5.76 Å². The van der Waals surface area contributed by atoms with E-state index < -0.39 is 12.0 Å². The molecule has 2 heterocycles. The molecule has 0 aliphatic carbocycles. The Morgan fingerprint density at radius 3 is 2.59 bits per heavy atom. The summed E-state index contributed by atoms with van der Waals surface area (Å²) in [4.78, 5) is 6.77. The summed E-state index contributed by atoms with van der Waals surface area (Å²) in [6, 6.07) is 4.49. The smallest absolute Gasteiger partial charge is 0.451 e. The molecule has 17 heavy (non-hydrogen) atoms. The van der Waals surface area contributed by atoms with Gasteiger partial charge >= 0.3 is 6.18 Å². The van der Waals surface area contributed by atoms with Crippen LogP contribution in [0.5, 0.6) is 0 Å². The van der Waals surface area contributed by atoms with Gasteiger partial charge in [-0.3, -0.25) is 0 Å². The molecule has 0 fully saturated rings. The molecule has 0 atom stereocenters. The molecule has 90 valence electrons. The second-order valence-electron chi connectivity index (χ2n) is 3.19. The predicted octanol–water partition coefficient (Wildman–Crippen LogP) is 2.80. The molecule has 0 unspecified atom stereocenters. The van der Waals surface area contributed by atoms with Gasteiger partial charge in [0.1, 0.15) is 11.5 Å². The van der Waals surface area contributed by atoms with Crippen molar-refractivity contribution >= 4 is 5.82 Å². The first-order chi connectivity index (χ1) is 8.00. The van der Waals surface area contributed by atoms with E-state index in [0.29, 0.717) is 0 Å². The minimum Gasteiger partial charge on any atom is -0.463 e. The average molecular weight is 243 g/mol. The largest absolute Gasteiger partial charge is 0.463 e. The molecular weight excluding hydrogens is 235 g/mol. The normalized spacial score (nSPS) is 11.5. The molecule has 0 spiro atoms. The van der Waals surface area contributed by atoms with E-state index in [1.54, 1.807) is 6.07 Å². The summed E-state index contributed by atoms with van der Waals surface area (Å²) in [6.07, 6.45) is -3.22. The third-order valence-electron chi connectivity index (χ3n) is 2.01. The molecule has 0 amide bonds. The molecular formula is C10H8F3N3O. The van der Waals surface area contributed by atoms with Crippen LogP contribution in [0.3, 0.4) is 0 Å². The van der Waals surface area contributed by atoms with Crippen LogP contribution in [0.2, 0.25) is 0 Å². The standard InChI is InChI=1S/C10H8F3N3O/c1-14-8-5-6(7-3-2-4-17-7)15-9(16-8)10(11,12)13/h2-5H,1H3,(H,14,15,16). The van der Waals surface area contributed by atoms with Gasteiger partial charge in [0.05, 0.1) is 6.26 Å². The maximum atomic E-state index is 12.5. The van der Waals surface area contributed by atoms with Gasteiger partial charge < -0.3 is 9.73 Å². The fourth-order valence-corrected chi connectivity index (χ4v) is 1.25. The quantitative estimate of drug-likeness (QED) is 0.881. The summed E-state index contributed by atoms with van der Waals surface area (Å²) in [6.45, 7) is 0. The summed E-state index contributed by atoms with van der Waals surface area (Å²) >= 11 is 0. The van der Waals surface area contributed by atoms with Crippen molar-refractivity contribution in [3.05, 3.63) is 30.3 Å².